The fourth-order valence-electron chi connectivity index (χ4n) is 0.991. The molecule has 4 nitrogen and oxygen atoms in total. The topological polar surface area (TPSA) is 56.7 Å². The summed E-state index contributed by atoms with van der Waals surface area (Å²) in [5.74, 6) is 7.96. The van der Waals surface area contributed by atoms with Crippen LogP contribution in [-0.4, -0.2) is 14.9 Å². The average molecular weight is 168 g/mol. The van der Waals surface area contributed by atoms with Crippen molar-refractivity contribution in [2.45, 2.75) is 39.5 Å². The van der Waals surface area contributed by atoms with Crippen LogP contribution in [0.5, 0.6) is 0 Å². The van der Waals surface area contributed by atoms with Crippen molar-refractivity contribution in [1.29, 1.82) is 0 Å². The summed E-state index contributed by atoms with van der Waals surface area (Å²) in [6.07, 6.45) is 0. The van der Waals surface area contributed by atoms with Crippen LogP contribution in [0.25, 0.3) is 0 Å². The van der Waals surface area contributed by atoms with E-state index < -0.39 is 0 Å². The average Bonchev–Trinajstić information content (AvgIpc) is 2.30. The molecule has 0 spiro atoms. The maximum Gasteiger partial charge on any atom is 0.155 e. The largest absolute Gasteiger partial charge is 0.321 e. The summed E-state index contributed by atoms with van der Waals surface area (Å²) in [5, 5.41) is 4.11. The van der Waals surface area contributed by atoms with Crippen molar-refractivity contribution in [3.8, 4) is 0 Å². The number of hydrogen-bond donors (Lipinski definition) is 1. The zero-order chi connectivity index (χ0) is 9.30. The number of rotatable bonds is 2. The lowest BCUT2D eigenvalue weighted by molar-refractivity contribution is 0.684. The minimum atomic E-state index is 0.329. The third-order valence-corrected chi connectivity index (χ3v) is 1.71. The molecule has 68 valence electrons. The highest BCUT2D eigenvalue weighted by atomic mass is 15.5. The van der Waals surface area contributed by atoms with Gasteiger partial charge in [-0.25, -0.2) is 4.98 Å². The van der Waals surface area contributed by atoms with Gasteiger partial charge in [0.05, 0.1) is 0 Å². The second kappa shape index (κ2) is 3.13. The minimum absolute atomic E-state index is 0.329. The van der Waals surface area contributed by atoms with E-state index in [1.807, 2.05) is 0 Å². The molecule has 0 aliphatic heterocycles. The van der Waals surface area contributed by atoms with Crippen molar-refractivity contribution >= 4 is 0 Å². The van der Waals surface area contributed by atoms with Crippen LogP contribution < -0.4 is 5.84 Å². The molecule has 0 amide bonds. The lowest BCUT2D eigenvalue weighted by Crippen LogP contribution is -2.15. The molecule has 1 aromatic heterocycles. The maximum atomic E-state index is 5.62. The molecule has 1 heterocycles. The molecule has 12 heavy (non-hydrogen) atoms. The third kappa shape index (κ3) is 1.57. The van der Waals surface area contributed by atoms with Gasteiger partial charge in [0, 0.05) is 11.8 Å². The van der Waals surface area contributed by atoms with Crippen LogP contribution in [0.4, 0.5) is 0 Å². The van der Waals surface area contributed by atoms with Gasteiger partial charge in [0.15, 0.2) is 11.6 Å². The number of nitrogen functional groups attached to an aromatic ring is 1. The second-order valence-electron chi connectivity index (χ2n) is 3.58. The highest BCUT2D eigenvalue weighted by Crippen LogP contribution is 2.14. The molecule has 0 radical (unpaired) electrons. The Kier molecular flexibility index (Phi) is 2.35. The molecule has 0 aliphatic carbocycles. The van der Waals surface area contributed by atoms with Crippen LogP contribution >= 0.6 is 0 Å². The smallest absolute Gasteiger partial charge is 0.155 e. The first-order chi connectivity index (χ1) is 5.52. The minimum Gasteiger partial charge on any atom is -0.321 e. The molecular weight excluding hydrogens is 152 g/mol. The van der Waals surface area contributed by atoms with Crippen molar-refractivity contribution in [1.82, 2.24) is 14.9 Å². The predicted molar refractivity (Wildman–Crippen MR) is 48.4 cm³/mol. The number of aromatic nitrogens is 3. The molecule has 1 rings (SSSR count). The fourth-order valence-corrected chi connectivity index (χ4v) is 0.991. The van der Waals surface area contributed by atoms with Crippen LogP contribution in [0, 0.1) is 0 Å². The molecule has 0 atom stereocenters. The van der Waals surface area contributed by atoms with E-state index in [0.717, 1.165) is 11.6 Å². The third-order valence-electron chi connectivity index (χ3n) is 1.71. The Hall–Kier alpha value is -1.06. The van der Waals surface area contributed by atoms with Gasteiger partial charge in [0.25, 0.3) is 0 Å². The highest BCUT2D eigenvalue weighted by Gasteiger charge is 2.12. The molecule has 0 fully saturated rings. The van der Waals surface area contributed by atoms with Crippen LogP contribution in [0.2, 0.25) is 0 Å². The van der Waals surface area contributed by atoms with Gasteiger partial charge in [-0.1, -0.05) is 27.7 Å². The van der Waals surface area contributed by atoms with Gasteiger partial charge >= 0.3 is 0 Å². The van der Waals surface area contributed by atoms with Gasteiger partial charge in [-0.3, -0.25) is 0 Å². The summed E-state index contributed by atoms with van der Waals surface area (Å²) < 4.78 is 0. The molecule has 0 saturated carbocycles. The fraction of sp³-hybridized carbons (Fsp3) is 0.750. The number of hydrogen-bond acceptors (Lipinski definition) is 3. The zero-order valence-corrected chi connectivity index (χ0v) is 8.07. The SMILES string of the molecule is CC(C)c1nc(C(C)C)n(N)n1. The van der Waals surface area contributed by atoms with Crippen molar-refractivity contribution in [2.24, 2.45) is 0 Å². The Morgan fingerprint density at radius 3 is 2.00 bits per heavy atom. The van der Waals surface area contributed by atoms with Crippen LogP contribution in [0.3, 0.4) is 0 Å². The molecule has 0 aliphatic rings. The summed E-state index contributed by atoms with van der Waals surface area (Å²) in [5.41, 5.74) is 0. The van der Waals surface area contributed by atoms with Crippen molar-refractivity contribution in [3.05, 3.63) is 11.6 Å². The molecule has 2 N–H and O–H groups in total. The highest BCUT2D eigenvalue weighted by molar-refractivity contribution is 5.00. The molecule has 0 aromatic carbocycles. The summed E-state index contributed by atoms with van der Waals surface area (Å²) in [7, 11) is 0. The van der Waals surface area contributed by atoms with E-state index in [0.29, 0.717) is 11.8 Å². The number of nitrogens with zero attached hydrogens (tertiary/aromatic N) is 3. The lowest BCUT2D eigenvalue weighted by atomic mass is 10.2. The van der Waals surface area contributed by atoms with E-state index in [1.54, 1.807) is 0 Å². The van der Waals surface area contributed by atoms with Crippen molar-refractivity contribution in [2.75, 3.05) is 5.84 Å². The Labute approximate surface area is 72.8 Å². The van der Waals surface area contributed by atoms with Gasteiger partial charge < -0.3 is 5.84 Å². The first-order valence-electron chi connectivity index (χ1n) is 4.24. The van der Waals surface area contributed by atoms with E-state index in [4.69, 9.17) is 5.84 Å². The summed E-state index contributed by atoms with van der Waals surface area (Å²) in [4.78, 5) is 5.71. The van der Waals surface area contributed by atoms with Crippen LogP contribution in [-0.2, 0) is 0 Å². The summed E-state index contributed by atoms with van der Waals surface area (Å²) in [6.45, 7) is 8.22. The first-order valence-corrected chi connectivity index (χ1v) is 4.24. The number of nitrogens with two attached hydrogens (primary N) is 1. The summed E-state index contributed by atoms with van der Waals surface area (Å²) in [6, 6.07) is 0. The van der Waals surface area contributed by atoms with E-state index in [9.17, 15) is 0 Å². The van der Waals surface area contributed by atoms with Crippen LogP contribution in [0.15, 0.2) is 0 Å². The zero-order valence-electron chi connectivity index (χ0n) is 8.07. The van der Waals surface area contributed by atoms with Gasteiger partial charge in [0.2, 0.25) is 0 Å². The normalized spacial score (nSPS) is 11.5. The van der Waals surface area contributed by atoms with Gasteiger partial charge in [-0.05, 0) is 0 Å². The quantitative estimate of drug-likeness (QED) is 0.676. The predicted octanol–water partition coefficient (Wildman–Crippen LogP) is 1.24. The standard InChI is InChI=1S/C8H16N4/c1-5(2)7-10-8(6(3)4)12(9)11-7/h5-6H,9H2,1-4H3. The Bertz CT molecular complexity index is 262. The Morgan fingerprint density at radius 2 is 1.75 bits per heavy atom. The van der Waals surface area contributed by atoms with E-state index in [1.165, 1.54) is 4.79 Å². The second-order valence-corrected chi connectivity index (χ2v) is 3.58. The maximum absolute atomic E-state index is 5.62. The molecule has 0 unspecified atom stereocenters. The summed E-state index contributed by atoms with van der Waals surface area (Å²) >= 11 is 0. The van der Waals surface area contributed by atoms with E-state index in [-0.39, 0.29) is 0 Å². The van der Waals surface area contributed by atoms with Gasteiger partial charge in [-0.2, -0.15) is 4.79 Å². The van der Waals surface area contributed by atoms with Gasteiger partial charge in [-0.15, -0.1) is 5.10 Å². The lowest BCUT2D eigenvalue weighted by Gasteiger charge is -2.00. The van der Waals surface area contributed by atoms with Crippen LogP contribution in [0.1, 0.15) is 51.2 Å². The van der Waals surface area contributed by atoms with Gasteiger partial charge in [0.1, 0.15) is 0 Å². The van der Waals surface area contributed by atoms with E-state index in [2.05, 4.69) is 37.8 Å². The molecule has 1 aromatic rings. The molecule has 0 saturated heterocycles. The van der Waals surface area contributed by atoms with Crippen molar-refractivity contribution in [3.63, 3.8) is 0 Å². The monoisotopic (exact) mass is 168 g/mol. The van der Waals surface area contributed by atoms with E-state index >= 15 is 0 Å². The van der Waals surface area contributed by atoms with Crippen molar-refractivity contribution < 1.29 is 0 Å². The Morgan fingerprint density at radius 1 is 1.17 bits per heavy atom. The Balaban J connectivity index is 3.00. The molecule has 4 heteroatoms. The molecule has 0 bridgehead atoms. The first kappa shape index (κ1) is 9.03. The molecular formula is C8H16N4.